The molecule has 0 heterocycles. The number of ether oxygens (including phenoxy) is 1. The molecule has 0 aliphatic rings. The van der Waals surface area contributed by atoms with Gasteiger partial charge in [0, 0.05) is 5.92 Å². The Bertz CT molecular complexity index is 437. The van der Waals surface area contributed by atoms with Crippen molar-refractivity contribution in [1.82, 2.24) is 0 Å². The third-order valence-electron chi connectivity index (χ3n) is 5.42. The summed E-state index contributed by atoms with van der Waals surface area (Å²) in [7, 11) is 0. The molecule has 0 atom stereocenters. The van der Waals surface area contributed by atoms with Gasteiger partial charge in [0.05, 0.1) is 19.4 Å². The van der Waals surface area contributed by atoms with Crippen LogP contribution in [-0.2, 0) is 14.3 Å². The van der Waals surface area contributed by atoms with E-state index in [9.17, 15) is 9.59 Å². The Labute approximate surface area is 189 Å². The molecule has 0 unspecified atom stereocenters. The highest BCUT2D eigenvalue weighted by atomic mass is 32.1. The zero-order valence-corrected chi connectivity index (χ0v) is 19.9. The van der Waals surface area contributed by atoms with E-state index in [2.05, 4.69) is 6.92 Å². The highest BCUT2D eigenvalue weighted by Crippen LogP contribution is 2.15. The summed E-state index contributed by atoms with van der Waals surface area (Å²) < 4.78 is 5.43. The number of unbranched alkanes of at least 4 members (excludes halogenated alkanes) is 15. The molecule has 6 heteroatoms. The molecule has 0 aromatic carbocycles. The number of carboxylic acids is 2. The molecule has 0 aliphatic heterocycles. The molecular weight excluding hydrogens is 400 g/mol. The number of carbonyl (C=O) groups is 2. The van der Waals surface area contributed by atoms with Gasteiger partial charge in [-0.1, -0.05) is 103 Å². The third kappa shape index (κ3) is 20.1. The van der Waals surface area contributed by atoms with Crippen molar-refractivity contribution in [2.24, 2.45) is 5.92 Å². The lowest BCUT2D eigenvalue weighted by molar-refractivity contribution is -0.139. The number of hydrogen-bond donors (Lipinski definition) is 2. The van der Waals surface area contributed by atoms with E-state index in [-0.39, 0.29) is 17.9 Å². The lowest BCUT2D eigenvalue weighted by Gasteiger charge is -2.15. The maximum Gasteiger partial charge on any atom is 0.304 e. The Balaban J connectivity index is 3.43. The summed E-state index contributed by atoms with van der Waals surface area (Å²) in [5.41, 5.74) is 0. The smallest absolute Gasteiger partial charge is 0.304 e. The summed E-state index contributed by atoms with van der Waals surface area (Å²) in [5, 5.41) is 17.8. The minimum absolute atomic E-state index is 0.112. The lowest BCUT2D eigenvalue weighted by Crippen LogP contribution is -2.22. The summed E-state index contributed by atoms with van der Waals surface area (Å²) in [6.45, 7) is 2.70. The molecule has 30 heavy (non-hydrogen) atoms. The SMILES string of the molecule is CCCCCCCCCCCCCCCCCCOC(=S)C(CC(=O)O)CC(=O)O. The van der Waals surface area contributed by atoms with Crippen LogP contribution in [0.1, 0.15) is 122 Å². The zero-order chi connectivity index (χ0) is 22.5. The van der Waals surface area contributed by atoms with E-state index in [1.807, 2.05) is 0 Å². The molecule has 0 rings (SSSR count). The number of thiocarbonyl (C=S) groups is 1. The molecule has 0 saturated heterocycles. The van der Waals surface area contributed by atoms with Crippen LogP contribution in [0, 0.1) is 5.92 Å². The van der Waals surface area contributed by atoms with Crippen LogP contribution in [0.5, 0.6) is 0 Å². The first-order valence-corrected chi connectivity index (χ1v) is 12.5. The maximum atomic E-state index is 10.8. The molecular formula is C24H44O5S. The van der Waals surface area contributed by atoms with Gasteiger partial charge in [-0.25, -0.2) is 0 Å². The van der Waals surface area contributed by atoms with Gasteiger partial charge < -0.3 is 14.9 Å². The predicted molar refractivity (Wildman–Crippen MR) is 126 cm³/mol. The van der Waals surface area contributed by atoms with Crippen molar-refractivity contribution < 1.29 is 24.5 Å². The van der Waals surface area contributed by atoms with Gasteiger partial charge in [-0.2, -0.15) is 0 Å². The lowest BCUT2D eigenvalue weighted by atomic mass is 10.0. The summed E-state index contributed by atoms with van der Waals surface area (Å²) in [6, 6.07) is 0. The minimum atomic E-state index is -1.06. The molecule has 0 bridgehead atoms. The van der Waals surface area contributed by atoms with Crippen LogP contribution >= 0.6 is 12.2 Å². The number of carboxylic acid groups (broad SMARTS) is 2. The number of hydrogen-bond acceptors (Lipinski definition) is 4. The van der Waals surface area contributed by atoms with E-state index in [0.717, 1.165) is 12.8 Å². The van der Waals surface area contributed by atoms with E-state index < -0.39 is 17.9 Å². The minimum Gasteiger partial charge on any atom is -0.487 e. The van der Waals surface area contributed by atoms with Crippen molar-refractivity contribution in [2.75, 3.05) is 6.61 Å². The van der Waals surface area contributed by atoms with E-state index in [1.54, 1.807) is 0 Å². The van der Waals surface area contributed by atoms with E-state index >= 15 is 0 Å². The normalized spacial score (nSPS) is 11.0. The second-order valence-corrected chi connectivity index (χ2v) is 8.77. The molecule has 2 N–H and O–H groups in total. The second-order valence-electron chi connectivity index (χ2n) is 8.36. The van der Waals surface area contributed by atoms with Crippen molar-refractivity contribution in [1.29, 1.82) is 0 Å². The molecule has 0 aromatic heterocycles. The maximum absolute atomic E-state index is 10.8. The molecule has 0 fully saturated rings. The van der Waals surface area contributed by atoms with Gasteiger partial charge in [0.25, 0.3) is 0 Å². The van der Waals surface area contributed by atoms with Crippen LogP contribution < -0.4 is 0 Å². The van der Waals surface area contributed by atoms with E-state index in [0.29, 0.717) is 6.61 Å². The third-order valence-corrected chi connectivity index (χ3v) is 5.87. The Morgan fingerprint density at radius 1 is 0.667 bits per heavy atom. The van der Waals surface area contributed by atoms with Crippen LogP contribution in [0.4, 0.5) is 0 Å². The average molecular weight is 445 g/mol. The highest BCUT2D eigenvalue weighted by molar-refractivity contribution is 7.80. The van der Waals surface area contributed by atoms with Crippen molar-refractivity contribution in [3.8, 4) is 0 Å². The van der Waals surface area contributed by atoms with Crippen molar-refractivity contribution in [3.63, 3.8) is 0 Å². The van der Waals surface area contributed by atoms with Crippen molar-refractivity contribution >= 4 is 29.2 Å². The largest absolute Gasteiger partial charge is 0.487 e. The first-order valence-electron chi connectivity index (χ1n) is 12.1. The van der Waals surface area contributed by atoms with Crippen LogP contribution in [0.3, 0.4) is 0 Å². The summed E-state index contributed by atoms with van der Waals surface area (Å²) >= 11 is 5.07. The first-order chi connectivity index (χ1) is 14.5. The summed E-state index contributed by atoms with van der Waals surface area (Å²) in [6.07, 6.45) is 20.2. The van der Waals surface area contributed by atoms with Gasteiger partial charge >= 0.3 is 11.9 Å². The van der Waals surface area contributed by atoms with Crippen LogP contribution in [0.2, 0.25) is 0 Å². The molecule has 0 spiro atoms. The fourth-order valence-electron chi connectivity index (χ4n) is 3.60. The van der Waals surface area contributed by atoms with Crippen molar-refractivity contribution in [3.05, 3.63) is 0 Å². The van der Waals surface area contributed by atoms with Crippen LogP contribution in [0.25, 0.3) is 0 Å². The van der Waals surface area contributed by atoms with Crippen molar-refractivity contribution in [2.45, 2.75) is 122 Å². The summed E-state index contributed by atoms with van der Waals surface area (Å²) in [5.74, 6) is -2.86. The second kappa shape index (κ2) is 21.1. The molecule has 0 radical (unpaired) electrons. The van der Waals surface area contributed by atoms with Gasteiger partial charge in [0.2, 0.25) is 0 Å². The van der Waals surface area contributed by atoms with Gasteiger partial charge in [-0.3, -0.25) is 9.59 Å². The molecule has 5 nitrogen and oxygen atoms in total. The van der Waals surface area contributed by atoms with Gasteiger partial charge in [0.15, 0.2) is 5.05 Å². The quantitative estimate of drug-likeness (QED) is 0.136. The Morgan fingerprint density at radius 2 is 1.00 bits per heavy atom. The Morgan fingerprint density at radius 3 is 1.33 bits per heavy atom. The fourth-order valence-corrected chi connectivity index (χ4v) is 3.85. The number of rotatable bonds is 22. The highest BCUT2D eigenvalue weighted by Gasteiger charge is 2.22. The van der Waals surface area contributed by atoms with Gasteiger partial charge in [-0.05, 0) is 18.6 Å². The van der Waals surface area contributed by atoms with Crippen LogP contribution in [0.15, 0.2) is 0 Å². The Hall–Kier alpha value is -1.17. The predicted octanol–water partition coefficient (Wildman–Crippen LogP) is 7.16. The molecule has 176 valence electrons. The van der Waals surface area contributed by atoms with E-state index in [4.69, 9.17) is 27.2 Å². The monoisotopic (exact) mass is 444 g/mol. The fraction of sp³-hybridized carbons (Fsp3) is 0.875. The van der Waals surface area contributed by atoms with Gasteiger partial charge in [0.1, 0.15) is 0 Å². The zero-order valence-electron chi connectivity index (χ0n) is 19.0. The topological polar surface area (TPSA) is 83.8 Å². The average Bonchev–Trinajstić information content (AvgIpc) is 2.69. The molecule has 0 aromatic rings. The summed E-state index contributed by atoms with van der Waals surface area (Å²) in [4.78, 5) is 21.6. The number of aliphatic carboxylic acids is 2. The molecule has 0 amide bonds. The standard InChI is InChI=1S/C24H44O5S/c1-2-3-4-5-6-7-8-9-10-11-12-13-14-15-16-17-18-29-24(30)21(19-22(25)26)20-23(27)28/h21H,2-20H2,1H3,(H,25,26)(H,27,28). The van der Waals surface area contributed by atoms with Gasteiger partial charge in [-0.15, -0.1) is 0 Å². The van der Waals surface area contributed by atoms with Crippen LogP contribution in [-0.4, -0.2) is 33.8 Å². The molecule has 0 aliphatic carbocycles. The molecule has 0 saturated carbocycles. The first kappa shape index (κ1) is 28.8. The van der Waals surface area contributed by atoms with E-state index in [1.165, 1.54) is 89.9 Å². The Kier molecular flexibility index (Phi) is 20.3.